The molecule has 0 unspecified atom stereocenters. The van der Waals surface area contributed by atoms with E-state index in [2.05, 4.69) is 121 Å². The van der Waals surface area contributed by atoms with Gasteiger partial charge in [-0.25, -0.2) is 0 Å². The average molecular weight is 657 g/mol. The molecule has 50 heavy (non-hydrogen) atoms. The van der Waals surface area contributed by atoms with Crippen molar-refractivity contribution in [1.82, 2.24) is 0 Å². The molecule has 0 aromatic heterocycles. The first-order valence-corrected chi connectivity index (χ1v) is 17.7. The van der Waals surface area contributed by atoms with Crippen LogP contribution in [0.1, 0.15) is 71.4 Å². The molecule has 0 aliphatic carbocycles. The summed E-state index contributed by atoms with van der Waals surface area (Å²) in [5, 5.41) is 0. The molecule has 250 valence electrons. The van der Waals surface area contributed by atoms with Crippen molar-refractivity contribution < 1.29 is 9.59 Å². The van der Waals surface area contributed by atoms with Crippen molar-refractivity contribution in [3.63, 3.8) is 0 Å². The number of carbonyl (C=O) groups excluding carboxylic acids is 2. The third-order valence-electron chi connectivity index (χ3n) is 9.19. The predicted octanol–water partition coefficient (Wildman–Crippen LogP) is 12.6. The zero-order valence-corrected chi connectivity index (χ0v) is 29.0. The van der Waals surface area contributed by atoms with Gasteiger partial charge in [0.2, 0.25) is 0 Å². The molecular formula is C46H44N2O2. The van der Waals surface area contributed by atoms with E-state index in [9.17, 15) is 9.59 Å². The van der Waals surface area contributed by atoms with Gasteiger partial charge in [0, 0.05) is 45.3 Å². The zero-order valence-electron chi connectivity index (χ0n) is 29.0. The lowest BCUT2D eigenvalue weighted by Crippen LogP contribution is -2.10. The Labute approximate surface area is 296 Å². The Hall–Kier alpha value is -5.74. The monoisotopic (exact) mass is 656 g/mol. The summed E-state index contributed by atoms with van der Waals surface area (Å²) in [5.74, 6) is 0. The Morgan fingerprint density at radius 2 is 0.640 bits per heavy atom. The van der Waals surface area contributed by atoms with Gasteiger partial charge in [-0.15, -0.1) is 0 Å². The smallest absolute Gasteiger partial charge is 0.150 e. The highest BCUT2D eigenvalue weighted by atomic mass is 16.1. The van der Waals surface area contributed by atoms with E-state index >= 15 is 0 Å². The summed E-state index contributed by atoms with van der Waals surface area (Å²) in [7, 11) is 0. The molecule has 0 spiro atoms. The van der Waals surface area contributed by atoms with Crippen molar-refractivity contribution in [1.29, 1.82) is 0 Å². The van der Waals surface area contributed by atoms with E-state index < -0.39 is 0 Å². The highest BCUT2D eigenvalue weighted by Crippen LogP contribution is 2.38. The minimum Gasteiger partial charge on any atom is -0.311 e. The first-order valence-electron chi connectivity index (χ1n) is 17.7. The second-order valence-electron chi connectivity index (χ2n) is 12.7. The van der Waals surface area contributed by atoms with E-state index in [4.69, 9.17) is 0 Å². The SMILES string of the molecule is CCCCc1ccc(N(c2ccc(C=O)cc2)c2ccc(-c3ccc(N(c4ccc(C=O)cc4)c4ccc(CCCC)cc4)cc3)cc2)cc1. The van der Waals surface area contributed by atoms with Gasteiger partial charge in [-0.3, -0.25) is 9.59 Å². The molecule has 0 saturated heterocycles. The first-order chi connectivity index (χ1) is 24.6. The standard InChI is InChI=1S/C46H44N2O2/c1-3-5-7-35-9-21-41(22-10-35)47(43-25-13-37(33-49)14-26-43)45-29-17-39(18-30-45)40-19-31-46(32-20-40)48(44-27-15-38(34-50)16-28-44)42-23-11-36(12-24-42)8-6-4-2/h9-34H,3-8H2,1-2H3. The molecule has 6 aromatic carbocycles. The number of aldehydes is 2. The molecule has 0 fully saturated rings. The molecule has 0 N–H and O–H groups in total. The summed E-state index contributed by atoms with van der Waals surface area (Å²) in [4.78, 5) is 27.2. The fraction of sp³-hybridized carbons (Fsp3) is 0.174. The number of carbonyl (C=O) groups is 2. The summed E-state index contributed by atoms with van der Waals surface area (Å²) in [5.41, 5.74) is 12.4. The molecular weight excluding hydrogens is 613 g/mol. The van der Waals surface area contributed by atoms with Gasteiger partial charge in [-0.1, -0.05) is 75.2 Å². The minimum absolute atomic E-state index is 0.656. The number of rotatable bonds is 15. The quantitative estimate of drug-likeness (QED) is 0.103. The maximum atomic E-state index is 11.4. The van der Waals surface area contributed by atoms with Crippen molar-refractivity contribution in [2.45, 2.75) is 52.4 Å². The fourth-order valence-corrected chi connectivity index (χ4v) is 6.29. The lowest BCUT2D eigenvalue weighted by Gasteiger charge is -2.26. The largest absolute Gasteiger partial charge is 0.311 e. The molecule has 0 aliphatic heterocycles. The summed E-state index contributed by atoms with van der Waals surface area (Å²) in [6.45, 7) is 4.44. The molecule has 0 bridgehead atoms. The number of benzene rings is 6. The second kappa shape index (κ2) is 16.6. The van der Waals surface area contributed by atoms with Crippen LogP contribution in [-0.4, -0.2) is 12.6 Å². The van der Waals surface area contributed by atoms with Gasteiger partial charge in [-0.2, -0.15) is 0 Å². The summed E-state index contributed by atoms with van der Waals surface area (Å²) in [6.07, 6.45) is 8.62. The molecule has 0 radical (unpaired) electrons. The Morgan fingerprint density at radius 3 is 0.900 bits per heavy atom. The van der Waals surface area contributed by atoms with Gasteiger partial charge >= 0.3 is 0 Å². The second-order valence-corrected chi connectivity index (χ2v) is 12.7. The highest BCUT2D eigenvalue weighted by Gasteiger charge is 2.15. The van der Waals surface area contributed by atoms with Crippen LogP contribution >= 0.6 is 0 Å². The van der Waals surface area contributed by atoms with Crippen LogP contribution < -0.4 is 9.80 Å². The molecule has 0 heterocycles. The Morgan fingerprint density at radius 1 is 0.380 bits per heavy atom. The number of hydrogen-bond donors (Lipinski definition) is 0. The summed E-state index contributed by atoms with van der Waals surface area (Å²) >= 11 is 0. The summed E-state index contributed by atoms with van der Waals surface area (Å²) in [6, 6.07) is 50.3. The van der Waals surface area contributed by atoms with E-state index in [0.29, 0.717) is 11.1 Å². The predicted molar refractivity (Wildman–Crippen MR) is 209 cm³/mol. The average Bonchev–Trinajstić information content (AvgIpc) is 3.18. The molecule has 4 nitrogen and oxygen atoms in total. The van der Waals surface area contributed by atoms with E-state index in [1.807, 2.05) is 48.5 Å². The summed E-state index contributed by atoms with van der Waals surface area (Å²) < 4.78 is 0. The third-order valence-corrected chi connectivity index (χ3v) is 9.19. The van der Waals surface area contributed by atoms with Gasteiger partial charge < -0.3 is 9.80 Å². The van der Waals surface area contributed by atoms with E-state index in [1.54, 1.807) is 0 Å². The van der Waals surface area contributed by atoms with Gasteiger partial charge in [0.25, 0.3) is 0 Å². The zero-order chi connectivity index (χ0) is 34.7. The van der Waals surface area contributed by atoms with Crippen LogP contribution in [0.4, 0.5) is 34.1 Å². The lowest BCUT2D eigenvalue weighted by atomic mass is 10.0. The number of unbranched alkanes of at least 4 members (excludes halogenated alkanes) is 2. The topological polar surface area (TPSA) is 40.6 Å². The van der Waals surface area contributed by atoms with Gasteiger partial charge in [0.1, 0.15) is 12.6 Å². The fourth-order valence-electron chi connectivity index (χ4n) is 6.29. The van der Waals surface area contributed by atoms with E-state index in [-0.39, 0.29) is 0 Å². The number of anilines is 6. The van der Waals surface area contributed by atoms with Crippen LogP contribution in [0.25, 0.3) is 11.1 Å². The number of hydrogen-bond acceptors (Lipinski definition) is 4. The van der Waals surface area contributed by atoms with Crippen molar-refractivity contribution in [2.24, 2.45) is 0 Å². The van der Waals surface area contributed by atoms with Crippen molar-refractivity contribution >= 4 is 46.7 Å². The van der Waals surface area contributed by atoms with Gasteiger partial charge in [0.05, 0.1) is 0 Å². The normalized spacial score (nSPS) is 10.8. The van der Waals surface area contributed by atoms with Crippen molar-refractivity contribution in [3.05, 3.63) is 168 Å². The van der Waals surface area contributed by atoms with Crippen molar-refractivity contribution in [2.75, 3.05) is 9.80 Å². The Kier molecular flexibility index (Phi) is 11.3. The molecule has 0 atom stereocenters. The van der Waals surface area contributed by atoms with Gasteiger partial charge in [-0.05, 0) is 145 Å². The Bertz CT molecular complexity index is 1810. The molecule has 0 aliphatic rings. The molecule has 6 aromatic rings. The molecule has 6 rings (SSSR count). The van der Waals surface area contributed by atoms with Crippen LogP contribution in [0.3, 0.4) is 0 Å². The van der Waals surface area contributed by atoms with Crippen LogP contribution in [0.5, 0.6) is 0 Å². The van der Waals surface area contributed by atoms with E-state index in [1.165, 1.54) is 36.8 Å². The Balaban J connectivity index is 1.29. The molecule has 4 heteroatoms. The minimum atomic E-state index is 0.656. The van der Waals surface area contributed by atoms with E-state index in [0.717, 1.165) is 70.7 Å². The number of nitrogens with zero attached hydrogens (tertiary/aromatic N) is 2. The van der Waals surface area contributed by atoms with Gasteiger partial charge in [0.15, 0.2) is 0 Å². The number of aryl methyl sites for hydroxylation is 2. The van der Waals surface area contributed by atoms with Crippen LogP contribution in [-0.2, 0) is 12.8 Å². The lowest BCUT2D eigenvalue weighted by molar-refractivity contribution is 0.111. The van der Waals surface area contributed by atoms with Crippen LogP contribution in [0.15, 0.2) is 146 Å². The molecule has 0 amide bonds. The van der Waals surface area contributed by atoms with Crippen LogP contribution in [0, 0.1) is 0 Å². The maximum Gasteiger partial charge on any atom is 0.150 e. The molecule has 0 saturated carbocycles. The highest BCUT2D eigenvalue weighted by molar-refractivity contribution is 5.83. The maximum absolute atomic E-state index is 11.4. The van der Waals surface area contributed by atoms with Crippen LogP contribution in [0.2, 0.25) is 0 Å². The van der Waals surface area contributed by atoms with Crippen molar-refractivity contribution in [3.8, 4) is 11.1 Å². The third kappa shape index (κ3) is 8.10. The first kappa shape index (κ1) is 34.1.